The van der Waals surface area contributed by atoms with Crippen LogP contribution in [-0.4, -0.2) is 0 Å². The highest BCUT2D eigenvalue weighted by atomic mass is 19.2. The molecule has 0 saturated heterocycles. The molecule has 16 heavy (non-hydrogen) atoms. The predicted molar refractivity (Wildman–Crippen MR) is 50.5 cm³/mol. The molecule has 2 aromatic rings. The molecule has 0 unspecified atom stereocenters. The largest absolute Gasteiger partial charge is 0.207 e. The minimum Gasteiger partial charge on any atom is -0.207 e. The molecule has 0 spiro atoms. The molecule has 0 heterocycles. The third kappa shape index (κ3) is 1.78. The van der Waals surface area contributed by atoms with E-state index in [0.29, 0.717) is 6.07 Å². The van der Waals surface area contributed by atoms with Gasteiger partial charge in [0.05, 0.1) is 0 Å². The van der Waals surface area contributed by atoms with Gasteiger partial charge in [-0.3, -0.25) is 0 Å². The Morgan fingerprint density at radius 2 is 1.62 bits per heavy atom. The van der Waals surface area contributed by atoms with Crippen molar-refractivity contribution in [2.75, 3.05) is 0 Å². The Balaban J connectivity index is 2.63. The molecule has 0 nitrogen and oxygen atoms in total. The summed E-state index contributed by atoms with van der Waals surface area (Å²) in [7, 11) is 0. The Morgan fingerprint density at radius 3 is 2.31 bits per heavy atom. The van der Waals surface area contributed by atoms with Gasteiger partial charge in [-0.1, -0.05) is 12.1 Å². The molecular formula is C12H5F4. The number of benzene rings is 2. The third-order valence-electron chi connectivity index (χ3n) is 2.11. The van der Waals surface area contributed by atoms with Gasteiger partial charge in [-0.2, -0.15) is 0 Å². The zero-order valence-corrected chi connectivity index (χ0v) is 7.90. The molecule has 0 bridgehead atoms. The molecule has 0 aliphatic heterocycles. The van der Waals surface area contributed by atoms with Gasteiger partial charge in [-0.25, -0.2) is 17.6 Å². The quantitative estimate of drug-likeness (QED) is 0.649. The lowest BCUT2D eigenvalue weighted by atomic mass is 10.0. The molecule has 1 radical (unpaired) electrons. The molecule has 0 aromatic heterocycles. The van der Waals surface area contributed by atoms with Gasteiger partial charge in [-0.15, -0.1) is 0 Å². The summed E-state index contributed by atoms with van der Waals surface area (Å²) in [6.45, 7) is 0. The summed E-state index contributed by atoms with van der Waals surface area (Å²) in [5.74, 6) is -4.11. The van der Waals surface area contributed by atoms with E-state index in [4.69, 9.17) is 0 Å². The van der Waals surface area contributed by atoms with Gasteiger partial charge >= 0.3 is 0 Å². The third-order valence-corrected chi connectivity index (χ3v) is 2.11. The molecule has 0 atom stereocenters. The number of halogens is 4. The Bertz CT molecular complexity index is 535. The van der Waals surface area contributed by atoms with Crippen molar-refractivity contribution in [1.82, 2.24) is 0 Å². The van der Waals surface area contributed by atoms with E-state index in [-0.39, 0.29) is 11.1 Å². The van der Waals surface area contributed by atoms with E-state index in [9.17, 15) is 17.6 Å². The fraction of sp³-hybridized carbons (Fsp3) is 0. The standard InChI is InChI=1S/C12H5F4/c13-7-4-5-8(11(15)6-7)9-2-1-3-10(14)12(9)16/h1-2,4-6H. The summed E-state index contributed by atoms with van der Waals surface area (Å²) in [6, 6.07) is 6.96. The first kappa shape index (κ1) is 10.7. The fourth-order valence-electron chi connectivity index (χ4n) is 1.37. The van der Waals surface area contributed by atoms with Crippen LogP contribution in [0.25, 0.3) is 11.1 Å². The van der Waals surface area contributed by atoms with Crippen LogP contribution in [0.2, 0.25) is 0 Å². The molecule has 0 aliphatic rings. The van der Waals surface area contributed by atoms with E-state index in [1.807, 2.05) is 6.07 Å². The van der Waals surface area contributed by atoms with Crippen molar-refractivity contribution in [2.24, 2.45) is 0 Å². The summed E-state index contributed by atoms with van der Waals surface area (Å²) in [5, 5.41) is 0. The SMILES string of the molecule is Fc1ccc(-c2cc[c]c(F)c2F)c(F)c1. The van der Waals surface area contributed by atoms with Crippen molar-refractivity contribution in [1.29, 1.82) is 0 Å². The van der Waals surface area contributed by atoms with Crippen molar-refractivity contribution in [3.05, 3.63) is 59.7 Å². The van der Waals surface area contributed by atoms with E-state index in [0.717, 1.165) is 18.2 Å². The molecule has 0 fully saturated rings. The molecular weight excluding hydrogens is 220 g/mol. The molecule has 0 N–H and O–H groups in total. The zero-order chi connectivity index (χ0) is 11.7. The molecule has 2 aromatic carbocycles. The van der Waals surface area contributed by atoms with Crippen molar-refractivity contribution < 1.29 is 17.6 Å². The smallest absolute Gasteiger partial charge is 0.167 e. The van der Waals surface area contributed by atoms with Gasteiger partial charge < -0.3 is 0 Å². The maximum absolute atomic E-state index is 13.3. The molecule has 0 saturated carbocycles. The second-order valence-corrected chi connectivity index (χ2v) is 3.14. The summed E-state index contributed by atoms with van der Waals surface area (Å²) >= 11 is 0. The number of hydrogen-bond acceptors (Lipinski definition) is 0. The first-order chi connectivity index (χ1) is 7.59. The summed E-state index contributed by atoms with van der Waals surface area (Å²) < 4.78 is 52.1. The lowest BCUT2D eigenvalue weighted by Gasteiger charge is -2.05. The van der Waals surface area contributed by atoms with Crippen molar-refractivity contribution in [3.63, 3.8) is 0 Å². The molecule has 81 valence electrons. The number of rotatable bonds is 1. The van der Waals surface area contributed by atoms with Crippen LogP contribution in [0.1, 0.15) is 0 Å². The minimum absolute atomic E-state index is 0.188. The van der Waals surface area contributed by atoms with E-state index in [1.165, 1.54) is 6.07 Å². The van der Waals surface area contributed by atoms with Crippen molar-refractivity contribution in [2.45, 2.75) is 0 Å². The van der Waals surface area contributed by atoms with Gasteiger partial charge in [0.2, 0.25) is 0 Å². The Labute approximate surface area is 89.2 Å². The topological polar surface area (TPSA) is 0 Å². The van der Waals surface area contributed by atoms with Crippen LogP contribution in [0, 0.1) is 29.3 Å². The highest BCUT2D eigenvalue weighted by Gasteiger charge is 2.13. The fourth-order valence-corrected chi connectivity index (χ4v) is 1.37. The van der Waals surface area contributed by atoms with Crippen LogP contribution in [0.3, 0.4) is 0 Å². The van der Waals surface area contributed by atoms with Gasteiger partial charge in [0.1, 0.15) is 11.6 Å². The van der Waals surface area contributed by atoms with Crippen LogP contribution < -0.4 is 0 Å². The Morgan fingerprint density at radius 1 is 0.875 bits per heavy atom. The molecule has 2 rings (SSSR count). The highest BCUT2D eigenvalue weighted by Crippen LogP contribution is 2.26. The Kier molecular flexibility index (Phi) is 2.64. The number of hydrogen-bond donors (Lipinski definition) is 0. The lowest BCUT2D eigenvalue weighted by Crippen LogP contribution is -1.92. The molecule has 0 aliphatic carbocycles. The predicted octanol–water partition coefficient (Wildman–Crippen LogP) is 3.71. The van der Waals surface area contributed by atoms with Crippen LogP contribution in [-0.2, 0) is 0 Å². The van der Waals surface area contributed by atoms with E-state index < -0.39 is 23.3 Å². The van der Waals surface area contributed by atoms with E-state index in [1.54, 1.807) is 0 Å². The van der Waals surface area contributed by atoms with Gasteiger partial charge in [-0.05, 0) is 12.1 Å². The monoisotopic (exact) mass is 225 g/mol. The second kappa shape index (κ2) is 3.96. The van der Waals surface area contributed by atoms with Crippen LogP contribution in [0.4, 0.5) is 17.6 Å². The first-order valence-electron chi connectivity index (χ1n) is 4.40. The van der Waals surface area contributed by atoms with Gasteiger partial charge in [0, 0.05) is 23.3 Å². The normalized spacial score (nSPS) is 10.5. The minimum atomic E-state index is -1.20. The molecule has 4 heteroatoms. The first-order valence-corrected chi connectivity index (χ1v) is 4.40. The average Bonchev–Trinajstić information content (AvgIpc) is 2.23. The second-order valence-electron chi connectivity index (χ2n) is 3.14. The van der Waals surface area contributed by atoms with Crippen molar-refractivity contribution >= 4 is 0 Å². The van der Waals surface area contributed by atoms with Gasteiger partial charge in [0.15, 0.2) is 11.6 Å². The van der Waals surface area contributed by atoms with Crippen LogP contribution in [0.5, 0.6) is 0 Å². The van der Waals surface area contributed by atoms with E-state index in [2.05, 4.69) is 0 Å². The van der Waals surface area contributed by atoms with Gasteiger partial charge in [0.25, 0.3) is 0 Å². The zero-order valence-electron chi connectivity index (χ0n) is 7.90. The summed E-state index contributed by atoms with van der Waals surface area (Å²) in [6.07, 6.45) is 0. The average molecular weight is 225 g/mol. The Hall–Kier alpha value is -1.84. The maximum Gasteiger partial charge on any atom is 0.167 e. The summed E-state index contributed by atoms with van der Waals surface area (Å²) in [4.78, 5) is 0. The summed E-state index contributed by atoms with van der Waals surface area (Å²) in [5.41, 5.74) is -0.444. The van der Waals surface area contributed by atoms with Crippen LogP contribution in [0.15, 0.2) is 30.3 Å². The lowest BCUT2D eigenvalue weighted by molar-refractivity contribution is 0.508. The van der Waals surface area contributed by atoms with Crippen LogP contribution >= 0.6 is 0 Å². The van der Waals surface area contributed by atoms with E-state index >= 15 is 0 Å². The highest BCUT2D eigenvalue weighted by molar-refractivity contribution is 5.64. The molecule has 0 amide bonds. The van der Waals surface area contributed by atoms with Crippen molar-refractivity contribution in [3.8, 4) is 11.1 Å². The maximum atomic E-state index is 13.3.